The van der Waals surface area contributed by atoms with E-state index in [-0.39, 0.29) is 0 Å². The van der Waals surface area contributed by atoms with Crippen LogP contribution in [-0.2, 0) is 25.8 Å². The number of benzene rings is 1. The van der Waals surface area contributed by atoms with Crippen molar-refractivity contribution in [1.29, 1.82) is 0 Å². The van der Waals surface area contributed by atoms with E-state index < -0.39 is 0 Å². The number of aromatic nitrogens is 2. The summed E-state index contributed by atoms with van der Waals surface area (Å²) in [5.74, 6) is 3.51. The molecule has 5 nitrogen and oxygen atoms in total. The number of anilines is 1. The average Bonchev–Trinajstić information content (AvgIpc) is 3.33. The number of hydrogen-bond donors (Lipinski definition) is 1. The maximum atomic E-state index is 5.47. The molecule has 1 N–H and O–H groups in total. The van der Waals surface area contributed by atoms with Gasteiger partial charge in [0.2, 0.25) is 6.79 Å². The fourth-order valence-corrected chi connectivity index (χ4v) is 4.84. The van der Waals surface area contributed by atoms with E-state index in [0.29, 0.717) is 13.3 Å². The molecule has 0 bridgehead atoms. The van der Waals surface area contributed by atoms with Gasteiger partial charge in [-0.2, -0.15) is 0 Å². The Labute approximate surface area is 150 Å². The Morgan fingerprint density at radius 2 is 2.08 bits per heavy atom. The minimum absolute atomic E-state index is 0.305. The van der Waals surface area contributed by atoms with E-state index >= 15 is 0 Å². The van der Waals surface area contributed by atoms with Crippen LogP contribution in [0, 0.1) is 0 Å². The number of hydrogen-bond acceptors (Lipinski definition) is 6. The van der Waals surface area contributed by atoms with Gasteiger partial charge in [-0.05, 0) is 42.5 Å². The molecule has 1 aromatic carbocycles. The van der Waals surface area contributed by atoms with Gasteiger partial charge in [0.05, 0.1) is 5.39 Å². The molecule has 0 atom stereocenters. The molecule has 6 heteroatoms. The number of aryl methyl sites for hydroxylation is 3. The van der Waals surface area contributed by atoms with Gasteiger partial charge in [0.15, 0.2) is 11.5 Å². The van der Waals surface area contributed by atoms with Crippen LogP contribution in [-0.4, -0.2) is 16.8 Å². The van der Waals surface area contributed by atoms with E-state index in [2.05, 4.69) is 18.3 Å². The van der Waals surface area contributed by atoms with Crippen LogP contribution < -0.4 is 14.8 Å². The first-order valence-electron chi connectivity index (χ1n) is 8.75. The van der Waals surface area contributed by atoms with E-state index in [9.17, 15) is 0 Å². The summed E-state index contributed by atoms with van der Waals surface area (Å²) in [6, 6.07) is 6.07. The molecule has 0 fully saturated rings. The van der Waals surface area contributed by atoms with Crippen molar-refractivity contribution in [2.24, 2.45) is 0 Å². The molecule has 5 rings (SSSR count). The third-order valence-corrected chi connectivity index (χ3v) is 6.01. The summed E-state index contributed by atoms with van der Waals surface area (Å²) in [6.07, 6.45) is 4.41. The molecule has 0 spiro atoms. The van der Waals surface area contributed by atoms with Gasteiger partial charge < -0.3 is 14.8 Å². The molecule has 0 unspecified atom stereocenters. The van der Waals surface area contributed by atoms with Crippen LogP contribution in [0.1, 0.15) is 35.2 Å². The Kier molecular flexibility index (Phi) is 3.52. The highest BCUT2D eigenvalue weighted by atomic mass is 32.1. The predicted octanol–water partition coefficient (Wildman–Crippen LogP) is 4.08. The lowest BCUT2D eigenvalue weighted by molar-refractivity contribution is 0.174. The molecular formula is C19H19N3O2S. The summed E-state index contributed by atoms with van der Waals surface area (Å²) in [6.45, 7) is 3.11. The number of nitrogens with zero attached hydrogens (tertiary/aromatic N) is 2. The molecule has 3 heterocycles. The molecule has 0 amide bonds. The van der Waals surface area contributed by atoms with Crippen LogP contribution in [0.3, 0.4) is 0 Å². The van der Waals surface area contributed by atoms with Crippen molar-refractivity contribution in [2.45, 2.75) is 39.2 Å². The Bertz CT molecular complexity index is 967. The van der Waals surface area contributed by atoms with Gasteiger partial charge >= 0.3 is 0 Å². The lowest BCUT2D eigenvalue weighted by Crippen LogP contribution is -2.05. The quantitative estimate of drug-likeness (QED) is 0.766. The minimum Gasteiger partial charge on any atom is -0.454 e. The molecular weight excluding hydrogens is 334 g/mol. The molecule has 3 aromatic rings. The number of fused-ring (bicyclic) bond motifs is 4. The number of ether oxygens (including phenoxy) is 2. The van der Waals surface area contributed by atoms with Crippen LogP contribution in [0.5, 0.6) is 11.5 Å². The fourth-order valence-electron chi connectivity index (χ4n) is 3.56. The van der Waals surface area contributed by atoms with Gasteiger partial charge in [-0.3, -0.25) is 0 Å². The van der Waals surface area contributed by atoms with Gasteiger partial charge in [0, 0.05) is 17.8 Å². The van der Waals surface area contributed by atoms with E-state index in [1.165, 1.54) is 28.7 Å². The van der Waals surface area contributed by atoms with Crippen molar-refractivity contribution >= 4 is 27.4 Å². The Hall–Kier alpha value is -2.34. The van der Waals surface area contributed by atoms with Crippen molar-refractivity contribution < 1.29 is 9.47 Å². The standard InChI is InChI=1S/C19H19N3O2S/c1-2-16-21-18(17-12-4-3-5-15(12)25-19(17)22-16)20-9-11-6-7-13-14(8-11)24-10-23-13/h6-8H,2-5,9-10H2,1H3,(H,20,21,22). The third-order valence-electron chi connectivity index (χ3n) is 4.82. The van der Waals surface area contributed by atoms with Crippen molar-refractivity contribution in [3.8, 4) is 11.5 Å². The topological polar surface area (TPSA) is 56.3 Å². The molecule has 2 aromatic heterocycles. The molecule has 128 valence electrons. The Morgan fingerprint density at radius 3 is 3.00 bits per heavy atom. The maximum absolute atomic E-state index is 5.47. The highest BCUT2D eigenvalue weighted by Crippen LogP contribution is 2.40. The molecule has 1 aliphatic heterocycles. The van der Waals surface area contributed by atoms with Crippen molar-refractivity contribution in [3.63, 3.8) is 0 Å². The van der Waals surface area contributed by atoms with Crippen LogP contribution in [0.2, 0.25) is 0 Å². The normalized spacial score (nSPS) is 14.9. The number of thiophene rings is 1. The smallest absolute Gasteiger partial charge is 0.231 e. The second kappa shape index (κ2) is 5.88. The van der Waals surface area contributed by atoms with Crippen molar-refractivity contribution in [3.05, 3.63) is 40.0 Å². The summed E-state index contributed by atoms with van der Waals surface area (Å²) in [7, 11) is 0. The Balaban J connectivity index is 1.49. The van der Waals surface area contributed by atoms with Gasteiger partial charge in [-0.1, -0.05) is 13.0 Å². The van der Waals surface area contributed by atoms with Gasteiger partial charge in [0.25, 0.3) is 0 Å². The fraction of sp³-hybridized carbons (Fsp3) is 0.368. The van der Waals surface area contributed by atoms with E-state index in [0.717, 1.165) is 46.4 Å². The van der Waals surface area contributed by atoms with Crippen molar-refractivity contribution in [2.75, 3.05) is 12.1 Å². The van der Waals surface area contributed by atoms with Gasteiger partial charge in [-0.15, -0.1) is 11.3 Å². The SMILES string of the molecule is CCc1nc(NCc2ccc3c(c2)OCO3)c2c3c(sc2n1)CCC3. The van der Waals surface area contributed by atoms with Crippen molar-refractivity contribution in [1.82, 2.24) is 9.97 Å². The highest BCUT2D eigenvalue weighted by Gasteiger charge is 2.22. The maximum Gasteiger partial charge on any atom is 0.231 e. The second-order valence-electron chi connectivity index (χ2n) is 6.42. The predicted molar refractivity (Wildman–Crippen MR) is 98.7 cm³/mol. The first kappa shape index (κ1) is 15.0. The number of rotatable bonds is 4. The summed E-state index contributed by atoms with van der Waals surface area (Å²) >= 11 is 1.84. The molecule has 0 radical (unpaired) electrons. The van der Waals surface area contributed by atoms with Gasteiger partial charge in [-0.25, -0.2) is 9.97 Å². The first-order valence-corrected chi connectivity index (χ1v) is 9.57. The molecule has 0 saturated heterocycles. The minimum atomic E-state index is 0.305. The zero-order valence-electron chi connectivity index (χ0n) is 14.1. The van der Waals surface area contributed by atoms with E-state index in [4.69, 9.17) is 19.4 Å². The average molecular weight is 353 g/mol. The Morgan fingerprint density at radius 1 is 1.16 bits per heavy atom. The van der Waals surface area contributed by atoms with E-state index in [1.54, 1.807) is 0 Å². The third kappa shape index (κ3) is 2.52. The zero-order valence-corrected chi connectivity index (χ0v) is 14.9. The van der Waals surface area contributed by atoms with Crippen LogP contribution >= 0.6 is 11.3 Å². The highest BCUT2D eigenvalue weighted by molar-refractivity contribution is 7.19. The monoisotopic (exact) mass is 353 g/mol. The lowest BCUT2D eigenvalue weighted by atomic mass is 10.1. The molecule has 25 heavy (non-hydrogen) atoms. The summed E-state index contributed by atoms with van der Waals surface area (Å²) in [4.78, 5) is 12.2. The largest absolute Gasteiger partial charge is 0.454 e. The summed E-state index contributed by atoms with van der Waals surface area (Å²) < 4.78 is 10.9. The summed E-state index contributed by atoms with van der Waals surface area (Å²) in [5.41, 5.74) is 2.61. The molecule has 1 aliphatic carbocycles. The number of nitrogens with one attached hydrogen (secondary N) is 1. The van der Waals surface area contributed by atoms with E-state index in [1.807, 2.05) is 23.5 Å². The lowest BCUT2D eigenvalue weighted by Gasteiger charge is -2.10. The second-order valence-corrected chi connectivity index (χ2v) is 7.50. The van der Waals surface area contributed by atoms with Crippen LogP contribution in [0.4, 0.5) is 5.82 Å². The van der Waals surface area contributed by atoms with Gasteiger partial charge in [0.1, 0.15) is 16.5 Å². The van der Waals surface area contributed by atoms with Crippen LogP contribution in [0.15, 0.2) is 18.2 Å². The van der Waals surface area contributed by atoms with Crippen LogP contribution in [0.25, 0.3) is 10.2 Å². The zero-order chi connectivity index (χ0) is 16.8. The first-order chi connectivity index (χ1) is 12.3. The molecule has 0 saturated carbocycles. The summed E-state index contributed by atoms with van der Waals surface area (Å²) in [5, 5.41) is 4.78. The molecule has 2 aliphatic rings.